The van der Waals surface area contributed by atoms with Crippen molar-refractivity contribution < 1.29 is 9.59 Å². The number of hydrogen-bond donors (Lipinski definition) is 1. The zero-order valence-electron chi connectivity index (χ0n) is 22.3. The van der Waals surface area contributed by atoms with E-state index in [1.165, 1.54) is 0 Å². The Labute approximate surface area is 228 Å². The Morgan fingerprint density at radius 2 is 1.84 bits per heavy atom. The number of benzene rings is 2. The van der Waals surface area contributed by atoms with Gasteiger partial charge in [-0.1, -0.05) is 42.0 Å². The van der Waals surface area contributed by atoms with Crippen LogP contribution in [0.5, 0.6) is 0 Å². The first-order valence-corrected chi connectivity index (χ1v) is 14.4. The molecule has 6 rings (SSSR count). The summed E-state index contributed by atoms with van der Waals surface area (Å²) >= 11 is 1.57. The maximum Gasteiger partial charge on any atom is 0.274 e. The highest BCUT2D eigenvalue weighted by molar-refractivity contribution is 7.15. The van der Waals surface area contributed by atoms with Gasteiger partial charge in [-0.05, 0) is 56.8 Å². The third kappa shape index (κ3) is 4.83. The molecule has 198 valence electrons. The Kier molecular flexibility index (Phi) is 6.70. The Morgan fingerprint density at radius 3 is 2.63 bits per heavy atom. The van der Waals surface area contributed by atoms with E-state index in [2.05, 4.69) is 46.2 Å². The van der Waals surface area contributed by atoms with Crippen molar-refractivity contribution in [3.05, 3.63) is 70.4 Å². The van der Waals surface area contributed by atoms with Crippen LogP contribution in [0.4, 0.5) is 5.69 Å². The van der Waals surface area contributed by atoms with E-state index in [0.29, 0.717) is 29.6 Å². The molecule has 3 fully saturated rings. The smallest absolute Gasteiger partial charge is 0.274 e. The number of carbonyl (C=O) groups is 2. The zero-order valence-corrected chi connectivity index (χ0v) is 23.1. The summed E-state index contributed by atoms with van der Waals surface area (Å²) in [4.78, 5) is 39.5. The highest BCUT2D eigenvalue weighted by Gasteiger charge is 2.54. The molecule has 0 bridgehead atoms. The quantitative estimate of drug-likeness (QED) is 0.522. The van der Waals surface area contributed by atoms with Gasteiger partial charge < -0.3 is 20.0 Å². The van der Waals surface area contributed by atoms with Crippen LogP contribution >= 0.6 is 11.3 Å². The molecule has 3 heterocycles. The van der Waals surface area contributed by atoms with E-state index in [9.17, 15) is 9.59 Å². The molecule has 3 atom stereocenters. The van der Waals surface area contributed by atoms with E-state index in [-0.39, 0.29) is 17.9 Å². The molecule has 3 aromatic rings. The average Bonchev–Trinajstić information content (AvgIpc) is 3.43. The first-order valence-electron chi connectivity index (χ1n) is 13.5. The normalized spacial score (nSPS) is 22.9. The Balaban J connectivity index is 1.18. The largest absolute Gasteiger partial charge is 0.368 e. The van der Waals surface area contributed by atoms with E-state index < -0.39 is 0 Å². The molecule has 8 heteroatoms. The van der Waals surface area contributed by atoms with Crippen LogP contribution in [0.25, 0.3) is 10.4 Å². The van der Waals surface area contributed by atoms with E-state index in [4.69, 9.17) is 0 Å². The number of nitrogens with zero attached hydrogens (tertiary/aromatic N) is 4. The second-order valence-corrected chi connectivity index (χ2v) is 12.2. The monoisotopic (exact) mass is 529 g/mol. The molecule has 0 radical (unpaired) electrons. The van der Waals surface area contributed by atoms with Gasteiger partial charge in [-0.2, -0.15) is 0 Å². The van der Waals surface area contributed by atoms with Crippen LogP contribution in [-0.2, 0) is 0 Å². The topological polar surface area (TPSA) is 68.8 Å². The number of anilines is 1. The van der Waals surface area contributed by atoms with Crippen LogP contribution in [0.1, 0.15) is 37.8 Å². The number of aryl methyl sites for hydroxylation is 2. The van der Waals surface area contributed by atoms with Crippen molar-refractivity contribution in [3.8, 4) is 10.4 Å². The minimum atomic E-state index is -0.0685. The standard InChI is InChI=1S/C30H35N5O2S/c1-19-7-6-8-21(15-19)28-27(32-20(2)38-28)30(37)35-18-22-16-24(22)26(35)17-31-29(36)23-9-4-5-10-25(23)34-13-11-33(3)12-14-34/h4-10,15,22,24,26H,11-14,16-18H2,1-3H3,(H,31,36)/t22-,24?,26-/m1/s1. The number of piperazine rings is 1. The molecule has 1 aliphatic carbocycles. The van der Waals surface area contributed by atoms with Gasteiger partial charge in [-0.15, -0.1) is 11.3 Å². The van der Waals surface area contributed by atoms with Gasteiger partial charge in [-0.25, -0.2) is 4.98 Å². The molecular weight excluding hydrogens is 494 g/mol. The van der Waals surface area contributed by atoms with E-state index >= 15 is 0 Å². The number of aromatic nitrogens is 1. The molecule has 1 unspecified atom stereocenters. The fourth-order valence-electron chi connectivity index (χ4n) is 6.04. The number of piperidine rings is 1. The Hall–Kier alpha value is -3.23. The van der Waals surface area contributed by atoms with E-state index in [1.807, 2.05) is 48.2 Å². The number of nitrogens with one attached hydrogen (secondary N) is 1. The Bertz CT molecular complexity index is 1360. The van der Waals surface area contributed by atoms with Crippen molar-refractivity contribution in [1.29, 1.82) is 0 Å². The summed E-state index contributed by atoms with van der Waals surface area (Å²) in [7, 11) is 2.13. The van der Waals surface area contributed by atoms with Gasteiger partial charge in [0.2, 0.25) is 0 Å². The number of amides is 2. The molecule has 2 aromatic carbocycles. The highest BCUT2D eigenvalue weighted by atomic mass is 32.1. The van der Waals surface area contributed by atoms with E-state index in [1.54, 1.807) is 11.3 Å². The van der Waals surface area contributed by atoms with Gasteiger partial charge in [0.15, 0.2) is 0 Å². The van der Waals surface area contributed by atoms with Gasteiger partial charge in [0.1, 0.15) is 5.69 Å². The number of hydrogen-bond acceptors (Lipinski definition) is 6. The summed E-state index contributed by atoms with van der Waals surface area (Å²) in [5.41, 5.74) is 4.43. The molecular formula is C30H35N5O2S. The van der Waals surface area contributed by atoms with Crippen molar-refractivity contribution >= 4 is 28.8 Å². The second-order valence-electron chi connectivity index (χ2n) is 11.0. The lowest BCUT2D eigenvalue weighted by molar-refractivity contribution is 0.0690. The molecule has 1 saturated carbocycles. The fraction of sp³-hybridized carbons (Fsp3) is 0.433. The Morgan fingerprint density at radius 1 is 1.05 bits per heavy atom. The number of carbonyl (C=O) groups excluding carboxylic acids is 2. The van der Waals surface area contributed by atoms with Gasteiger partial charge in [0.05, 0.1) is 21.5 Å². The van der Waals surface area contributed by atoms with Crippen molar-refractivity contribution in [2.45, 2.75) is 26.3 Å². The third-order valence-corrected chi connectivity index (χ3v) is 9.27. The van der Waals surface area contributed by atoms with Crippen LogP contribution in [0.3, 0.4) is 0 Å². The number of fused-ring (bicyclic) bond motifs is 1. The van der Waals surface area contributed by atoms with Crippen molar-refractivity contribution in [2.24, 2.45) is 11.8 Å². The molecule has 0 spiro atoms. The molecule has 1 N–H and O–H groups in total. The third-order valence-electron chi connectivity index (χ3n) is 8.25. The van der Waals surface area contributed by atoms with Crippen LogP contribution in [0.15, 0.2) is 48.5 Å². The first-order chi connectivity index (χ1) is 18.4. The van der Waals surface area contributed by atoms with Gasteiger partial charge in [-0.3, -0.25) is 9.59 Å². The second kappa shape index (κ2) is 10.2. The summed E-state index contributed by atoms with van der Waals surface area (Å²) in [6, 6.07) is 16.1. The highest BCUT2D eigenvalue weighted by Crippen LogP contribution is 2.50. The van der Waals surface area contributed by atoms with Crippen LogP contribution in [-0.4, -0.2) is 79.0 Å². The predicted molar refractivity (Wildman–Crippen MR) is 152 cm³/mol. The van der Waals surface area contributed by atoms with Gasteiger partial charge in [0.25, 0.3) is 11.8 Å². The number of para-hydroxylation sites is 1. The van der Waals surface area contributed by atoms with E-state index in [0.717, 1.165) is 65.8 Å². The van der Waals surface area contributed by atoms with Crippen molar-refractivity contribution in [1.82, 2.24) is 20.1 Å². The molecule has 3 aliphatic rings. The maximum atomic E-state index is 13.9. The predicted octanol–water partition coefficient (Wildman–Crippen LogP) is 4.07. The van der Waals surface area contributed by atoms with Crippen LogP contribution < -0.4 is 10.2 Å². The lowest BCUT2D eigenvalue weighted by atomic mass is 10.1. The fourth-order valence-corrected chi connectivity index (χ4v) is 6.94. The average molecular weight is 530 g/mol. The molecule has 38 heavy (non-hydrogen) atoms. The number of likely N-dealkylation sites (tertiary alicyclic amines) is 1. The number of likely N-dealkylation sites (N-methyl/N-ethyl adjacent to an activating group) is 1. The summed E-state index contributed by atoms with van der Waals surface area (Å²) in [6.45, 7) is 9.01. The van der Waals surface area contributed by atoms with Gasteiger partial charge >= 0.3 is 0 Å². The molecule has 2 saturated heterocycles. The summed E-state index contributed by atoms with van der Waals surface area (Å²) in [6.07, 6.45) is 1.13. The molecule has 1 aromatic heterocycles. The van der Waals surface area contributed by atoms with Crippen LogP contribution in [0, 0.1) is 25.7 Å². The molecule has 7 nitrogen and oxygen atoms in total. The SMILES string of the molecule is Cc1cccc(-c2sc(C)nc2C(=O)N2C[C@H]3CC3[C@H]2CNC(=O)c2ccccc2N2CCN(C)CC2)c1. The minimum Gasteiger partial charge on any atom is -0.368 e. The maximum absolute atomic E-state index is 13.9. The number of rotatable bonds is 6. The van der Waals surface area contributed by atoms with Crippen LogP contribution in [0.2, 0.25) is 0 Å². The first kappa shape index (κ1) is 25.1. The molecule has 2 aliphatic heterocycles. The van der Waals surface area contributed by atoms with Crippen molar-refractivity contribution in [3.63, 3.8) is 0 Å². The summed E-state index contributed by atoms with van der Waals surface area (Å²) in [5.74, 6) is 0.894. The summed E-state index contributed by atoms with van der Waals surface area (Å²) in [5, 5.41) is 4.08. The summed E-state index contributed by atoms with van der Waals surface area (Å²) < 4.78 is 0. The lowest BCUT2D eigenvalue weighted by Gasteiger charge is -2.35. The van der Waals surface area contributed by atoms with Crippen molar-refractivity contribution in [2.75, 3.05) is 51.2 Å². The zero-order chi connectivity index (χ0) is 26.4. The molecule has 2 amide bonds. The van der Waals surface area contributed by atoms with Gasteiger partial charge in [0, 0.05) is 45.0 Å². The minimum absolute atomic E-state index is 0.000357. The lowest BCUT2D eigenvalue weighted by Crippen LogP contribution is -2.47. The number of thiazole rings is 1.